The van der Waals surface area contributed by atoms with Crippen LogP contribution < -0.4 is 0 Å². The van der Waals surface area contributed by atoms with Gasteiger partial charge in [-0.3, -0.25) is 0 Å². The minimum absolute atomic E-state index is 0.00352. The second-order valence-electron chi connectivity index (χ2n) is 3.16. The predicted octanol–water partition coefficient (Wildman–Crippen LogP) is 2.45. The van der Waals surface area contributed by atoms with E-state index in [9.17, 15) is 13.6 Å². The van der Waals surface area contributed by atoms with Gasteiger partial charge in [-0.2, -0.15) is 0 Å². The summed E-state index contributed by atoms with van der Waals surface area (Å²) in [6, 6.07) is 5.79. The molecule has 0 spiro atoms. The number of aromatic nitrogens is 1. The van der Waals surface area contributed by atoms with Gasteiger partial charge >= 0.3 is 5.97 Å². The highest BCUT2D eigenvalue weighted by molar-refractivity contribution is 5.86. The number of hydrogen-bond acceptors (Lipinski definition) is 1. The van der Waals surface area contributed by atoms with E-state index in [0.717, 1.165) is 10.6 Å². The average Bonchev–Trinajstić information content (AvgIpc) is 2.66. The molecule has 1 heterocycles. The molecule has 16 heavy (non-hydrogen) atoms. The largest absolute Gasteiger partial charge is 0.477 e. The summed E-state index contributed by atoms with van der Waals surface area (Å²) in [6.07, 6.45) is 1.40. The Balaban J connectivity index is 2.59. The summed E-state index contributed by atoms with van der Waals surface area (Å²) in [5.74, 6) is -2.68. The molecule has 2 aromatic rings. The molecule has 0 bridgehead atoms. The Morgan fingerprint density at radius 2 is 2.00 bits per heavy atom. The fourth-order valence-electron chi connectivity index (χ4n) is 1.44. The molecule has 3 nitrogen and oxygen atoms in total. The van der Waals surface area contributed by atoms with Crippen LogP contribution in [0.4, 0.5) is 8.78 Å². The van der Waals surface area contributed by atoms with Gasteiger partial charge in [-0.15, -0.1) is 0 Å². The van der Waals surface area contributed by atoms with Gasteiger partial charge in [0.1, 0.15) is 17.3 Å². The van der Waals surface area contributed by atoms with Gasteiger partial charge < -0.3 is 9.67 Å². The summed E-state index contributed by atoms with van der Waals surface area (Å²) in [4.78, 5) is 10.8. The number of hydrogen-bond donors (Lipinski definition) is 1. The summed E-state index contributed by atoms with van der Waals surface area (Å²) >= 11 is 0. The molecular weight excluding hydrogens is 216 g/mol. The lowest BCUT2D eigenvalue weighted by molar-refractivity contribution is 0.0688. The first-order valence-electron chi connectivity index (χ1n) is 4.45. The van der Waals surface area contributed by atoms with Gasteiger partial charge in [0.15, 0.2) is 0 Å². The van der Waals surface area contributed by atoms with Crippen molar-refractivity contribution < 1.29 is 18.7 Å². The van der Waals surface area contributed by atoms with Crippen molar-refractivity contribution in [3.63, 3.8) is 0 Å². The van der Waals surface area contributed by atoms with Crippen molar-refractivity contribution in [2.75, 3.05) is 0 Å². The molecule has 1 N–H and O–H groups in total. The second kappa shape index (κ2) is 3.77. The van der Waals surface area contributed by atoms with Gasteiger partial charge in [0.25, 0.3) is 0 Å². The number of halogens is 2. The van der Waals surface area contributed by atoms with Crippen LogP contribution in [0.3, 0.4) is 0 Å². The highest BCUT2D eigenvalue weighted by Crippen LogP contribution is 2.17. The number of nitrogens with zero attached hydrogens (tertiary/aromatic N) is 1. The van der Waals surface area contributed by atoms with E-state index in [1.54, 1.807) is 0 Å². The fraction of sp³-hybridized carbons (Fsp3) is 0. The topological polar surface area (TPSA) is 42.2 Å². The van der Waals surface area contributed by atoms with Gasteiger partial charge in [0, 0.05) is 12.3 Å². The maximum atomic E-state index is 13.4. The molecule has 0 unspecified atom stereocenters. The molecule has 0 amide bonds. The van der Waals surface area contributed by atoms with Crippen LogP contribution in [-0.2, 0) is 0 Å². The zero-order chi connectivity index (χ0) is 11.7. The van der Waals surface area contributed by atoms with Gasteiger partial charge in [-0.1, -0.05) is 0 Å². The van der Waals surface area contributed by atoms with Crippen LogP contribution in [-0.4, -0.2) is 15.6 Å². The third kappa shape index (κ3) is 1.67. The molecule has 0 atom stereocenters. The van der Waals surface area contributed by atoms with Crippen LogP contribution in [0.25, 0.3) is 5.69 Å². The molecule has 2 rings (SSSR count). The molecule has 5 heteroatoms. The Hall–Kier alpha value is -2.17. The van der Waals surface area contributed by atoms with Crippen LogP contribution in [0.5, 0.6) is 0 Å². The van der Waals surface area contributed by atoms with E-state index in [0.29, 0.717) is 6.07 Å². The lowest BCUT2D eigenvalue weighted by atomic mass is 10.3. The summed E-state index contributed by atoms with van der Waals surface area (Å²) in [5, 5.41) is 8.84. The van der Waals surface area contributed by atoms with Crippen molar-refractivity contribution in [3.8, 4) is 5.69 Å². The van der Waals surface area contributed by atoms with Crippen molar-refractivity contribution in [1.29, 1.82) is 0 Å². The number of carbonyl (C=O) groups is 1. The molecule has 1 aromatic heterocycles. The lowest BCUT2D eigenvalue weighted by Gasteiger charge is -2.07. The van der Waals surface area contributed by atoms with Gasteiger partial charge in [0.2, 0.25) is 0 Å². The van der Waals surface area contributed by atoms with Crippen LogP contribution in [0, 0.1) is 11.6 Å². The normalized spacial score (nSPS) is 10.4. The molecule has 0 saturated heterocycles. The van der Waals surface area contributed by atoms with E-state index in [1.807, 2.05) is 0 Å². The summed E-state index contributed by atoms with van der Waals surface area (Å²) < 4.78 is 27.2. The molecule has 0 aliphatic carbocycles. The van der Waals surface area contributed by atoms with Crippen molar-refractivity contribution in [3.05, 3.63) is 53.9 Å². The Bertz CT molecular complexity index is 549. The van der Waals surface area contributed by atoms with E-state index in [4.69, 9.17) is 5.11 Å². The quantitative estimate of drug-likeness (QED) is 0.849. The molecular formula is C11H7F2NO2. The summed E-state index contributed by atoms with van der Waals surface area (Å²) in [7, 11) is 0. The van der Waals surface area contributed by atoms with Crippen LogP contribution in [0.2, 0.25) is 0 Å². The molecule has 0 radical (unpaired) electrons. The highest BCUT2D eigenvalue weighted by Gasteiger charge is 2.13. The van der Waals surface area contributed by atoms with Gasteiger partial charge in [0.05, 0.1) is 5.69 Å². The number of carboxylic acids is 1. The maximum absolute atomic E-state index is 13.4. The first-order valence-corrected chi connectivity index (χ1v) is 4.45. The zero-order valence-electron chi connectivity index (χ0n) is 8.02. The van der Waals surface area contributed by atoms with E-state index in [1.165, 1.54) is 24.4 Å². The molecule has 1 aromatic carbocycles. The SMILES string of the molecule is O=C(O)c1cccn1-c1ccc(F)cc1F. The van der Waals surface area contributed by atoms with E-state index >= 15 is 0 Å². The second-order valence-corrected chi connectivity index (χ2v) is 3.16. The number of aromatic carboxylic acids is 1. The third-order valence-corrected chi connectivity index (χ3v) is 2.14. The number of carboxylic acid groups (broad SMARTS) is 1. The molecule has 0 aliphatic heterocycles. The number of benzene rings is 1. The van der Waals surface area contributed by atoms with Crippen LogP contribution in [0.1, 0.15) is 10.5 Å². The van der Waals surface area contributed by atoms with Crippen molar-refractivity contribution >= 4 is 5.97 Å². The lowest BCUT2D eigenvalue weighted by Crippen LogP contribution is -2.07. The molecule has 82 valence electrons. The summed E-state index contributed by atoms with van der Waals surface area (Å²) in [5.41, 5.74) is -0.0747. The maximum Gasteiger partial charge on any atom is 0.352 e. The van der Waals surface area contributed by atoms with Crippen LogP contribution in [0.15, 0.2) is 36.5 Å². The predicted molar refractivity (Wildman–Crippen MR) is 52.6 cm³/mol. The summed E-state index contributed by atoms with van der Waals surface area (Å²) in [6.45, 7) is 0. The number of rotatable bonds is 2. The average molecular weight is 223 g/mol. The molecule has 0 saturated carbocycles. The monoisotopic (exact) mass is 223 g/mol. The first kappa shape index (κ1) is 10.4. The first-order chi connectivity index (χ1) is 7.59. The third-order valence-electron chi connectivity index (χ3n) is 2.14. The minimum atomic E-state index is -1.17. The Morgan fingerprint density at radius 3 is 2.62 bits per heavy atom. The van der Waals surface area contributed by atoms with E-state index in [2.05, 4.69) is 0 Å². The zero-order valence-corrected chi connectivity index (χ0v) is 8.02. The van der Waals surface area contributed by atoms with Gasteiger partial charge in [-0.25, -0.2) is 13.6 Å². The van der Waals surface area contributed by atoms with Crippen molar-refractivity contribution in [2.45, 2.75) is 0 Å². The highest BCUT2D eigenvalue weighted by atomic mass is 19.1. The smallest absolute Gasteiger partial charge is 0.352 e. The Labute approximate surface area is 89.6 Å². The van der Waals surface area contributed by atoms with E-state index < -0.39 is 17.6 Å². The van der Waals surface area contributed by atoms with Crippen molar-refractivity contribution in [2.24, 2.45) is 0 Å². The molecule has 0 aliphatic rings. The van der Waals surface area contributed by atoms with Gasteiger partial charge in [-0.05, 0) is 24.3 Å². The van der Waals surface area contributed by atoms with Crippen LogP contribution >= 0.6 is 0 Å². The fourth-order valence-corrected chi connectivity index (χ4v) is 1.44. The van der Waals surface area contributed by atoms with E-state index in [-0.39, 0.29) is 11.4 Å². The Morgan fingerprint density at radius 1 is 1.25 bits per heavy atom. The van der Waals surface area contributed by atoms with Crippen molar-refractivity contribution in [1.82, 2.24) is 4.57 Å². The minimum Gasteiger partial charge on any atom is -0.477 e. The molecule has 0 fully saturated rings. The Kier molecular flexibility index (Phi) is 2.44. The standard InChI is InChI=1S/C11H7F2NO2/c12-7-3-4-9(8(13)6-7)14-5-1-2-10(14)11(15)16/h1-6H,(H,15,16).